The van der Waals surface area contributed by atoms with Gasteiger partial charge in [0.1, 0.15) is 6.61 Å². The van der Waals surface area contributed by atoms with Crippen molar-refractivity contribution in [1.29, 1.82) is 0 Å². The van der Waals surface area contributed by atoms with Crippen molar-refractivity contribution in [1.82, 2.24) is 0 Å². The van der Waals surface area contributed by atoms with Gasteiger partial charge < -0.3 is 16.7 Å². The number of aliphatic carboxylic acids is 1. The molecule has 0 aliphatic rings. The van der Waals surface area contributed by atoms with E-state index in [9.17, 15) is 0 Å². The van der Waals surface area contributed by atoms with Crippen LogP contribution in [0.2, 0.25) is 0 Å². The van der Waals surface area contributed by atoms with Crippen molar-refractivity contribution < 1.29 is 68.6 Å². The third kappa shape index (κ3) is 66.9. The van der Waals surface area contributed by atoms with Crippen molar-refractivity contribution in [3.8, 4) is 0 Å². The number of aliphatic hydroxyl groups is 2. The third-order valence-electron chi connectivity index (χ3n) is 2.65. The van der Waals surface area contributed by atoms with Crippen molar-refractivity contribution in [3.63, 3.8) is 0 Å². The van der Waals surface area contributed by atoms with Crippen LogP contribution in [-0.2, 0) is 15.2 Å². The molecule has 0 amide bonds. The number of hydrogen-bond donors (Lipinski definition) is 5. The van der Waals surface area contributed by atoms with E-state index >= 15 is 0 Å². The number of carboxylic acids is 1. The van der Waals surface area contributed by atoms with Gasteiger partial charge in [-0.1, -0.05) is 64.7 Å². The molecule has 0 aromatic carbocycles. The van der Waals surface area contributed by atoms with Gasteiger partial charge in [-0.3, -0.25) is 9.11 Å². The molecule has 0 bridgehead atoms. The van der Waals surface area contributed by atoms with Crippen LogP contribution in [0.3, 0.4) is 0 Å². The van der Waals surface area contributed by atoms with E-state index in [4.69, 9.17) is 37.6 Å². The van der Waals surface area contributed by atoms with Crippen LogP contribution in [0.1, 0.15) is 72.6 Å². The molecule has 5 N–H and O–H groups in total. The van der Waals surface area contributed by atoms with Gasteiger partial charge >= 0.3 is 45.9 Å². The Morgan fingerprint density at radius 3 is 1.29 bits per heavy atom. The van der Waals surface area contributed by atoms with Gasteiger partial charge in [0, 0.05) is 6.61 Å². The Bertz CT molecular complexity index is 324. The van der Waals surface area contributed by atoms with E-state index in [0.717, 1.165) is 6.42 Å². The van der Waals surface area contributed by atoms with Gasteiger partial charge in [-0.2, -0.15) is 8.42 Å². The molecule has 0 aromatic rings. The summed E-state index contributed by atoms with van der Waals surface area (Å²) in [6.45, 7) is 1.85. The van der Waals surface area contributed by atoms with E-state index in [-0.39, 0.29) is 31.0 Å². The molecule has 8 nitrogen and oxygen atoms in total. The summed E-state index contributed by atoms with van der Waals surface area (Å²) >= 11 is 0. The molecule has 24 heavy (non-hydrogen) atoms. The first kappa shape index (κ1) is 32.0. The van der Waals surface area contributed by atoms with Crippen molar-refractivity contribution in [2.45, 2.75) is 71.1 Å². The maximum atomic E-state index is 9.12. The van der Waals surface area contributed by atoms with Gasteiger partial charge in [0.15, 0.2) is 0 Å². The molecule has 0 radical (unpaired) electrons. The second-order valence-electron chi connectivity index (χ2n) is 4.91. The van der Waals surface area contributed by atoms with Gasteiger partial charge in [-0.05, 0) is 6.42 Å². The molecule has 0 unspecified atom stereocenters. The zero-order valence-corrected chi connectivity index (χ0v) is 17.7. The first-order chi connectivity index (χ1) is 10.7. The summed E-state index contributed by atoms with van der Waals surface area (Å²) in [6.07, 6.45) is 13.3. The molecule has 0 aliphatic carbocycles. The Morgan fingerprint density at radius 1 is 0.833 bits per heavy atom. The van der Waals surface area contributed by atoms with Crippen molar-refractivity contribution in [2.75, 3.05) is 13.2 Å². The van der Waals surface area contributed by atoms with Crippen molar-refractivity contribution >= 4 is 16.4 Å². The third-order valence-corrected chi connectivity index (χ3v) is 2.65. The summed E-state index contributed by atoms with van der Waals surface area (Å²) < 4.78 is 31.6. The molecule has 144 valence electrons. The zero-order valence-electron chi connectivity index (χ0n) is 15.9. The largest absolute Gasteiger partial charge is 1.00 e. The minimum absolute atomic E-state index is 0. The fraction of sp³-hybridized carbons (Fsp3) is 0.929. The monoisotopic (exact) mass is 384 g/mol. The van der Waals surface area contributed by atoms with E-state index in [1.807, 2.05) is 0 Å². The molecule has 0 spiro atoms. The fourth-order valence-electron chi connectivity index (χ4n) is 1.60. The summed E-state index contributed by atoms with van der Waals surface area (Å²) in [7, 11) is -4.67. The van der Waals surface area contributed by atoms with E-state index < -0.39 is 23.0 Å². The van der Waals surface area contributed by atoms with Crippen LogP contribution in [0.25, 0.3) is 0 Å². The van der Waals surface area contributed by atoms with Crippen LogP contribution < -0.4 is 29.6 Å². The maximum absolute atomic E-state index is 9.12. The molecular weight excluding hydrogens is 351 g/mol. The van der Waals surface area contributed by atoms with E-state index in [1.165, 1.54) is 57.8 Å². The number of hydrogen-bond acceptors (Lipinski definition) is 5. The van der Waals surface area contributed by atoms with Gasteiger partial charge in [0.25, 0.3) is 0 Å². The topological polar surface area (TPSA) is 152 Å². The second kappa shape index (κ2) is 25.5. The Morgan fingerprint density at radius 2 is 1.08 bits per heavy atom. The number of carboxylic acid groups (broad SMARTS) is 1. The maximum Gasteiger partial charge on any atom is 1.00 e. The number of unbranched alkanes of at least 4 members (excludes halogenated alkanes) is 9. The molecule has 0 heterocycles. The summed E-state index contributed by atoms with van der Waals surface area (Å²) in [5.74, 6) is -1.19. The Balaban J connectivity index is -0.0000000933. The number of rotatable bonds is 11. The molecule has 0 aromatic heterocycles. The molecule has 0 saturated heterocycles. The first-order valence-corrected chi connectivity index (χ1v) is 9.22. The second-order valence-corrected chi connectivity index (χ2v) is 5.80. The SMILES string of the molecule is CCCCCCCCCCCCO.O=C(O)CO.O=S(=O)(O)O.[H-].[Na+]. The minimum Gasteiger partial charge on any atom is -1.00 e. The fourth-order valence-corrected chi connectivity index (χ4v) is 1.60. The molecular formula is C14H33NaO8S. The predicted molar refractivity (Wildman–Crippen MR) is 88.9 cm³/mol. The number of aliphatic hydroxyl groups excluding tert-OH is 2. The molecule has 0 aliphatic heterocycles. The van der Waals surface area contributed by atoms with Crippen LogP contribution in [0, 0.1) is 0 Å². The van der Waals surface area contributed by atoms with Gasteiger partial charge in [-0.25, -0.2) is 4.79 Å². The molecule has 0 atom stereocenters. The smallest absolute Gasteiger partial charge is 1.00 e. The minimum atomic E-state index is -4.67. The van der Waals surface area contributed by atoms with Crippen LogP contribution in [-0.4, -0.2) is 52.0 Å². The van der Waals surface area contributed by atoms with E-state index in [0.29, 0.717) is 6.61 Å². The average Bonchev–Trinajstić information content (AvgIpc) is 2.44. The van der Waals surface area contributed by atoms with Gasteiger partial charge in [-0.15, -0.1) is 0 Å². The Kier molecular flexibility index (Phi) is 34.0. The van der Waals surface area contributed by atoms with Crippen LogP contribution in [0.5, 0.6) is 0 Å². The first-order valence-electron chi connectivity index (χ1n) is 7.82. The van der Waals surface area contributed by atoms with Gasteiger partial charge in [0.2, 0.25) is 0 Å². The molecule has 10 heteroatoms. The Hall–Kier alpha value is 0.260. The van der Waals surface area contributed by atoms with E-state index in [2.05, 4.69) is 6.92 Å². The van der Waals surface area contributed by atoms with Crippen LogP contribution >= 0.6 is 0 Å². The van der Waals surface area contributed by atoms with E-state index in [1.54, 1.807) is 0 Å². The van der Waals surface area contributed by atoms with Gasteiger partial charge in [0.05, 0.1) is 0 Å². The molecule has 0 fully saturated rings. The quantitative estimate of drug-likeness (QED) is 0.180. The Labute approximate surface area is 169 Å². The summed E-state index contributed by atoms with van der Waals surface area (Å²) in [5.41, 5.74) is 0. The standard InChI is InChI=1S/C12H26O.C2H4O3.Na.H2O4S.H/c1-2-3-4-5-6-7-8-9-10-11-12-13;3-1-2(4)5;;1-5(2,3)4;/h13H,2-12H2,1H3;3H,1H2,(H,4,5);;(H2,1,2,3,4);/q;;+1;;-1. The van der Waals surface area contributed by atoms with Crippen LogP contribution in [0.15, 0.2) is 0 Å². The van der Waals surface area contributed by atoms with Crippen molar-refractivity contribution in [3.05, 3.63) is 0 Å². The van der Waals surface area contributed by atoms with Crippen molar-refractivity contribution in [2.24, 2.45) is 0 Å². The normalized spacial score (nSPS) is 9.71. The summed E-state index contributed by atoms with van der Waals surface area (Å²) in [5, 5.41) is 23.6. The number of carbonyl (C=O) groups is 1. The summed E-state index contributed by atoms with van der Waals surface area (Å²) in [6, 6.07) is 0. The zero-order chi connectivity index (χ0) is 18.6. The predicted octanol–water partition coefficient (Wildman–Crippen LogP) is -0.573. The molecule has 0 saturated carbocycles. The summed E-state index contributed by atoms with van der Waals surface area (Å²) in [4.78, 5) is 9.12. The molecule has 0 rings (SSSR count). The van der Waals surface area contributed by atoms with Crippen LogP contribution in [0.4, 0.5) is 0 Å². The average molecular weight is 384 g/mol.